The summed E-state index contributed by atoms with van der Waals surface area (Å²) in [5, 5.41) is 8.96. The summed E-state index contributed by atoms with van der Waals surface area (Å²) in [5.74, 6) is -0.499. The van der Waals surface area contributed by atoms with E-state index in [4.69, 9.17) is 9.84 Å². The quantitative estimate of drug-likeness (QED) is 0.769. The fraction of sp³-hybridized carbons (Fsp3) is 0.889. The number of hydrogen-bond acceptors (Lipinski definition) is 5. The third kappa shape index (κ3) is 2.93. The Balaban J connectivity index is 2.06. The van der Waals surface area contributed by atoms with Gasteiger partial charge in [0.15, 0.2) is 0 Å². The van der Waals surface area contributed by atoms with E-state index in [0.29, 0.717) is 19.0 Å². The van der Waals surface area contributed by atoms with E-state index in [1.54, 1.807) is 0 Å². The first-order valence-electron chi connectivity index (χ1n) is 5.38. The maximum Gasteiger partial charge on any atom is 0.322 e. The molecular weight excluding hydrogens is 266 g/mol. The topological polar surface area (TPSA) is 83.9 Å². The molecule has 98 valence electrons. The van der Waals surface area contributed by atoms with Gasteiger partial charge in [-0.2, -0.15) is 4.31 Å². The summed E-state index contributed by atoms with van der Waals surface area (Å²) in [7, 11) is -3.49. The molecule has 2 saturated heterocycles. The lowest BCUT2D eigenvalue weighted by Gasteiger charge is -2.21. The number of carboxylic acids is 1. The van der Waals surface area contributed by atoms with Crippen molar-refractivity contribution in [1.29, 1.82) is 0 Å². The normalized spacial score (nSPS) is 30.8. The molecular formula is C9H15NO5S2. The summed E-state index contributed by atoms with van der Waals surface area (Å²) in [6.07, 6.45) is 0.734. The highest BCUT2D eigenvalue weighted by Gasteiger charge is 2.40. The van der Waals surface area contributed by atoms with Crippen molar-refractivity contribution < 1.29 is 23.1 Å². The number of nitrogens with zero attached hydrogens (tertiary/aromatic N) is 1. The molecule has 2 aliphatic rings. The van der Waals surface area contributed by atoms with Crippen LogP contribution in [0.1, 0.15) is 6.42 Å². The molecule has 0 bridgehead atoms. The highest BCUT2D eigenvalue weighted by molar-refractivity contribution is 8.00. The van der Waals surface area contributed by atoms with Gasteiger partial charge in [-0.05, 0) is 12.3 Å². The zero-order chi connectivity index (χ0) is 12.5. The number of carboxylic acid groups (broad SMARTS) is 1. The van der Waals surface area contributed by atoms with Gasteiger partial charge in [0.2, 0.25) is 10.0 Å². The lowest BCUT2D eigenvalue weighted by Crippen LogP contribution is -2.43. The Morgan fingerprint density at radius 1 is 1.53 bits per heavy atom. The van der Waals surface area contributed by atoms with E-state index < -0.39 is 22.0 Å². The van der Waals surface area contributed by atoms with E-state index >= 15 is 0 Å². The maximum absolute atomic E-state index is 12.1. The fourth-order valence-electron chi connectivity index (χ4n) is 2.00. The molecule has 0 aromatic heterocycles. The molecule has 0 saturated carbocycles. The summed E-state index contributed by atoms with van der Waals surface area (Å²) in [5.41, 5.74) is 0. The van der Waals surface area contributed by atoms with Crippen LogP contribution in [0.25, 0.3) is 0 Å². The minimum atomic E-state index is -3.49. The number of hydrogen-bond donors (Lipinski definition) is 1. The van der Waals surface area contributed by atoms with Gasteiger partial charge >= 0.3 is 5.97 Å². The van der Waals surface area contributed by atoms with Crippen molar-refractivity contribution in [2.24, 2.45) is 5.92 Å². The monoisotopic (exact) mass is 281 g/mol. The maximum atomic E-state index is 12.1. The molecule has 2 atom stereocenters. The lowest BCUT2D eigenvalue weighted by atomic mass is 10.2. The van der Waals surface area contributed by atoms with Crippen LogP contribution in [0.5, 0.6) is 0 Å². The molecule has 2 unspecified atom stereocenters. The van der Waals surface area contributed by atoms with Crippen LogP contribution < -0.4 is 0 Å². The van der Waals surface area contributed by atoms with Crippen LogP contribution in [0, 0.1) is 5.92 Å². The molecule has 8 heteroatoms. The Morgan fingerprint density at radius 3 is 2.88 bits per heavy atom. The minimum absolute atomic E-state index is 0.0000416. The Bertz CT molecular complexity index is 390. The van der Waals surface area contributed by atoms with Gasteiger partial charge in [-0.25, -0.2) is 8.42 Å². The van der Waals surface area contributed by atoms with Gasteiger partial charge in [-0.15, -0.1) is 11.8 Å². The Labute approximate surface area is 104 Å². The second-order valence-corrected chi connectivity index (χ2v) is 7.22. The molecule has 1 N–H and O–H groups in total. The summed E-state index contributed by atoms with van der Waals surface area (Å²) >= 11 is 1.34. The van der Waals surface area contributed by atoms with Crippen LogP contribution in [0.3, 0.4) is 0 Å². The summed E-state index contributed by atoms with van der Waals surface area (Å²) in [6.45, 7) is 1.05. The number of thioether (sulfide) groups is 1. The Hall–Kier alpha value is -0.310. The average Bonchev–Trinajstić information content (AvgIpc) is 2.84. The second-order valence-electron chi connectivity index (χ2n) is 4.25. The average molecular weight is 281 g/mol. The first-order valence-corrected chi connectivity index (χ1v) is 8.15. The smallest absolute Gasteiger partial charge is 0.322 e. The predicted molar refractivity (Wildman–Crippen MR) is 63.3 cm³/mol. The minimum Gasteiger partial charge on any atom is -0.480 e. The van der Waals surface area contributed by atoms with E-state index in [2.05, 4.69) is 0 Å². The number of rotatable bonds is 4. The summed E-state index contributed by atoms with van der Waals surface area (Å²) in [6, 6.07) is -0.910. The second kappa shape index (κ2) is 5.13. The fourth-order valence-corrected chi connectivity index (χ4v) is 5.58. The lowest BCUT2D eigenvalue weighted by molar-refractivity contribution is -0.140. The molecule has 2 rings (SSSR count). The van der Waals surface area contributed by atoms with E-state index in [9.17, 15) is 13.2 Å². The van der Waals surface area contributed by atoms with Crippen LogP contribution in [0.2, 0.25) is 0 Å². The van der Waals surface area contributed by atoms with Gasteiger partial charge in [-0.1, -0.05) is 0 Å². The van der Waals surface area contributed by atoms with Crippen molar-refractivity contribution in [1.82, 2.24) is 4.31 Å². The first-order chi connectivity index (χ1) is 8.00. The Morgan fingerprint density at radius 2 is 2.29 bits per heavy atom. The molecule has 2 heterocycles. The van der Waals surface area contributed by atoms with E-state index in [-0.39, 0.29) is 17.5 Å². The van der Waals surface area contributed by atoms with Crippen molar-refractivity contribution in [3.05, 3.63) is 0 Å². The molecule has 17 heavy (non-hydrogen) atoms. The molecule has 2 aliphatic heterocycles. The number of sulfonamides is 1. The van der Waals surface area contributed by atoms with Gasteiger partial charge in [-0.3, -0.25) is 4.79 Å². The van der Waals surface area contributed by atoms with Crippen molar-refractivity contribution in [2.75, 3.05) is 30.6 Å². The van der Waals surface area contributed by atoms with Crippen LogP contribution in [0.15, 0.2) is 0 Å². The van der Waals surface area contributed by atoms with E-state index in [1.807, 2.05) is 0 Å². The number of carbonyl (C=O) groups is 1. The third-order valence-electron chi connectivity index (χ3n) is 2.95. The van der Waals surface area contributed by atoms with Crippen LogP contribution in [0.4, 0.5) is 0 Å². The van der Waals surface area contributed by atoms with Crippen molar-refractivity contribution in [3.8, 4) is 0 Å². The molecule has 0 amide bonds. The predicted octanol–water partition coefficient (Wildman–Crippen LogP) is -0.188. The number of aliphatic carboxylic acids is 1. The largest absolute Gasteiger partial charge is 0.480 e. The molecule has 0 radical (unpaired) electrons. The van der Waals surface area contributed by atoms with Gasteiger partial charge in [0.05, 0.1) is 18.2 Å². The van der Waals surface area contributed by atoms with Crippen molar-refractivity contribution in [2.45, 2.75) is 12.5 Å². The number of ether oxygens (including phenoxy) is 1. The molecule has 0 spiro atoms. The van der Waals surface area contributed by atoms with Crippen molar-refractivity contribution in [3.63, 3.8) is 0 Å². The van der Waals surface area contributed by atoms with Crippen LogP contribution in [-0.4, -0.2) is 60.4 Å². The first kappa shape index (κ1) is 13.1. The standard InChI is InChI=1S/C9H15NO5S2/c11-9(12)8-4-16-6-10(8)17(13,14)5-7-1-2-15-3-7/h7-8H,1-6H2,(H,11,12). The van der Waals surface area contributed by atoms with Gasteiger partial charge in [0.1, 0.15) is 6.04 Å². The molecule has 2 fully saturated rings. The van der Waals surface area contributed by atoms with Crippen molar-refractivity contribution >= 4 is 27.8 Å². The highest BCUT2D eigenvalue weighted by Crippen LogP contribution is 2.26. The zero-order valence-corrected chi connectivity index (χ0v) is 10.9. The summed E-state index contributed by atoms with van der Waals surface area (Å²) < 4.78 is 30.4. The third-order valence-corrected chi connectivity index (χ3v) is 6.12. The van der Waals surface area contributed by atoms with Gasteiger partial charge in [0.25, 0.3) is 0 Å². The Kier molecular flexibility index (Phi) is 3.96. The zero-order valence-electron chi connectivity index (χ0n) is 9.24. The van der Waals surface area contributed by atoms with Gasteiger partial charge in [0, 0.05) is 12.4 Å². The molecule has 6 nitrogen and oxygen atoms in total. The van der Waals surface area contributed by atoms with E-state index in [0.717, 1.165) is 10.7 Å². The van der Waals surface area contributed by atoms with E-state index in [1.165, 1.54) is 11.8 Å². The van der Waals surface area contributed by atoms with Crippen LogP contribution >= 0.6 is 11.8 Å². The highest BCUT2D eigenvalue weighted by atomic mass is 32.2. The molecule has 0 aromatic carbocycles. The van der Waals surface area contributed by atoms with Gasteiger partial charge < -0.3 is 9.84 Å². The molecule has 0 aromatic rings. The SMILES string of the molecule is O=C(O)C1CSCN1S(=O)(=O)CC1CCOC1. The molecule has 0 aliphatic carbocycles. The summed E-state index contributed by atoms with van der Waals surface area (Å²) in [4.78, 5) is 11.0. The van der Waals surface area contributed by atoms with Crippen LogP contribution in [-0.2, 0) is 19.6 Å².